The zero-order chi connectivity index (χ0) is 8.27. The minimum atomic E-state index is 0.309. The Morgan fingerprint density at radius 1 is 1.55 bits per heavy atom. The van der Waals surface area contributed by atoms with Crippen LogP contribution in [0.2, 0.25) is 0 Å². The van der Waals surface area contributed by atoms with Crippen molar-refractivity contribution in [2.75, 3.05) is 13.7 Å². The van der Waals surface area contributed by atoms with Crippen molar-refractivity contribution in [1.29, 1.82) is 0 Å². The van der Waals surface area contributed by atoms with E-state index in [-0.39, 0.29) is 0 Å². The third-order valence-electron chi connectivity index (χ3n) is 2.91. The Bertz CT molecular complexity index is 108. The molecule has 0 aromatic heterocycles. The van der Waals surface area contributed by atoms with Crippen LogP contribution in [-0.2, 0) is 0 Å². The summed E-state index contributed by atoms with van der Waals surface area (Å²) in [6.07, 6.45) is 5.08. The summed E-state index contributed by atoms with van der Waals surface area (Å²) in [5.41, 5.74) is 0. The van der Waals surface area contributed by atoms with Crippen LogP contribution >= 0.6 is 0 Å². The van der Waals surface area contributed by atoms with Crippen LogP contribution in [0.1, 0.15) is 32.6 Å². The third kappa shape index (κ3) is 1.94. The normalized spacial score (nSPS) is 21.8. The fourth-order valence-electron chi connectivity index (χ4n) is 1.64. The van der Waals surface area contributed by atoms with Crippen LogP contribution in [0.15, 0.2) is 0 Å². The molecule has 0 amide bonds. The van der Waals surface area contributed by atoms with Crippen LogP contribution in [0.25, 0.3) is 0 Å². The molecule has 1 atom stereocenters. The highest BCUT2D eigenvalue weighted by molar-refractivity contribution is 4.81. The maximum atomic E-state index is 9.02. The smallest absolute Gasteiger partial charge is 0.0586 e. The molecule has 0 radical (unpaired) electrons. The summed E-state index contributed by atoms with van der Waals surface area (Å²) >= 11 is 0. The first-order valence-corrected chi connectivity index (χ1v) is 4.62. The molecule has 1 aliphatic rings. The zero-order valence-electron chi connectivity index (χ0n) is 7.58. The van der Waals surface area contributed by atoms with Gasteiger partial charge >= 0.3 is 0 Å². The van der Waals surface area contributed by atoms with E-state index in [1.807, 2.05) is 0 Å². The maximum absolute atomic E-state index is 9.02. The molecule has 1 aliphatic carbocycles. The summed E-state index contributed by atoms with van der Waals surface area (Å²) in [5, 5.41) is 9.02. The fourth-order valence-corrected chi connectivity index (χ4v) is 1.64. The first-order valence-electron chi connectivity index (χ1n) is 4.62. The van der Waals surface area contributed by atoms with Crippen molar-refractivity contribution < 1.29 is 5.11 Å². The van der Waals surface area contributed by atoms with E-state index in [1.165, 1.54) is 19.3 Å². The average Bonchev–Trinajstić information content (AvgIpc) is 1.86. The molecule has 2 heteroatoms. The minimum Gasteiger partial charge on any atom is -0.395 e. The molecule has 1 unspecified atom stereocenters. The van der Waals surface area contributed by atoms with Gasteiger partial charge in [-0.3, -0.25) is 4.90 Å². The van der Waals surface area contributed by atoms with Crippen LogP contribution in [0.4, 0.5) is 0 Å². The molecule has 11 heavy (non-hydrogen) atoms. The lowest BCUT2D eigenvalue weighted by atomic mass is 9.90. The first-order chi connectivity index (χ1) is 5.29. The molecule has 0 bridgehead atoms. The van der Waals surface area contributed by atoms with E-state index in [0.717, 1.165) is 12.5 Å². The molecular formula is C9H19NO. The Hall–Kier alpha value is -0.0800. The molecule has 1 rings (SSSR count). The van der Waals surface area contributed by atoms with Crippen molar-refractivity contribution in [3.8, 4) is 0 Å². The molecule has 66 valence electrons. The highest BCUT2D eigenvalue weighted by Crippen LogP contribution is 2.25. The topological polar surface area (TPSA) is 23.5 Å². The van der Waals surface area contributed by atoms with Gasteiger partial charge in [-0.1, -0.05) is 13.3 Å². The summed E-state index contributed by atoms with van der Waals surface area (Å²) in [7, 11) is 2.13. The molecule has 2 nitrogen and oxygen atoms in total. The number of likely N-dealkylation sites (N-methyl/N-ethyl adjacent to an activating group) is 1. The molecule has 1 fully saturated rings. The van der Waals surface area contributed by atoms with E-state index < -0.39 is 0 Å². The molecule has 1 N–H and O–H groups in total. The van der Waals surface area contributed by atoms with Crippen LogP contribution in [0, 0.1) is 0 Å². The van der Waals surface area contributed by atoms with E-state index in [4.69, 9.17) is 5.11 Å². The lowest BCUT2D eigenvalue weighted by Gasteiger charge is -2.39. The first kappa shape index (κ1) is 9.01. The third-order valence-corrected chi connectivity index (χ3v) is 2.91. The number of hydrogen-bond acceptors (Lipinski definition) is 2. The van der Waals surface area contributed by atoms with Gasteiger partial charge in [0.2, 0.25) is 0 Å². The standard InChI is InChI=1S/C9H19NO/c1-3-8(7-11)10(2)9-5-4-6-9/h8-9,11H,3-7H2,1-2H3. The lowest BCUT2D eigenvalue weighted by molar-refractivity contribution is 0.0689. The van der Waals surface area contributed by atoms with Crippen molar-refractivity contribution in [1.82, 2.24) is 4.90 Å². The zero-order valence-corrected chi connectivity index (χ0v) is 7.58. The SMILES string of the molecule is CCC(CO)N(C)C1CCC1. The van der Waals surface area contributed by atoms with Gasteiger partial charge in [-0.25, -0.2) is 0 Å². The van der Waals surface area contributed by atoms with Gasteiger partial charge in [-0.2, -0.15) is 0 Å². The number of hydrogen-bond donors (Lipinski definition) is 1. The van der Waals surface area contributed by atoms with Crippen LogP contribution in [0.5, 0.6) is 0 Å². The van der Waals surface area contributed by atoms with Gasteiger partial charge in [-0.05, 0) is 26.3 Å². The Kier molecular flexibility index (Phi) is 3.34. The van der Waals surface area contributed by atoms with Gasteiger partial charge in [0.25, 0.3) is 0 Å². The van der Waals surface area contributed by atoms with E-state index in [0.29, 0.717) is 12.6 Å². The van der Waals surface area contributed by atoms with Crippen molar-refractivity contribution in [3.05, 3.63) is 0 Å². The van der Waals surface area contributed by atoms with E-state index >= 15 is 0 Å². The molecule has 0 aromatic carbocycles. The number of nitrogens with zero attached hydrogens (tertiary/aromatic N) is 1. The van der Waals surface area contributed by atoms with Gasteiger partial charge < -0.3 is 5.11 Å². The predicted molar refractivity (Wildman–Crippen MR) is 46.6 cm³/mol. The Labute approximate surface area is 69.2 Å². The molecule has 0 spiro atoms. The van der Waals surface area contributed by atoms with Gasteiger partial charge in [0.05, 0.1) is 6.61 Å². The number of aliphatic hydroxyl groups excluding tert-OH is 1. The van der Waals surface area contributed by atoms with Gasteiger partial charge in [0.15, 0.2) is 0 Å². The summed E-state index contributed by atoms with van der Waals surface area (Å²) in [5.74, 6) is 0. The van der Waals surface area contributed by atoms with Crippen molar-refractivity contribution in [2.24, 2.45) is 0 Å². The van der Waals surface area contributed by atoms with Crippen LogP contribution in [-0.4, -0.2) is 35.7 Å². The molecule has 0 heterocycles. The molecule has 0 saturated heterocycles. The summed E-state index contributed by atoms with van der Waals surface area (Å²) in [6, 6.07) is 1.15. The lowest BCUT2D eigenvalue weighted by Crippen LogP contribution is -2.45. The average molecular weight is 157 g/mol. The second-order valence-corrected chi connectivity index (χ2v) is 3.49. The monoisotopic (exact) mass is 157 g/mol. The molecule has 1 saturated carbocycles. The van der Waals surface area contributed by atoms with Gasteiger partial charge in [0, 0.05) is 12.1 Å². The van der Waals surface area contributed by atoms with E-state index in [2.05, 4.69) is 18.9 Å². The highest BCUT2D eigenvalue weighted by atomic mass is 16.3. The highest BCUT2D eigenvalue weighted by Gasteiger charge is 2.25. The Balaban J connectivity index is 2.30. The van der Waals surface area contributed by atoms with E-state index in [1.54, 1.807) is 0 Å². The summed E-state index contributed by atoms with van der Waals surface area (Å²) in [6.45, 7) is 2.44. The van der Waals surface area contributed by atoms with Crippen LogP contribution in [0.3, 0.4) is 0 Å². The van der Waals surface area contributed by atoms with Crippen molar-refractivity contribution in [2.45, 2.75) is 44.7 Å². The fraction of sp³-hybridized carbons (Fsp3) is 1.00. The number of rotatable bonds is 4. The van der Waals surface area contributed by atoms with Gasteiger partial charge in [0.1, 0.15) is 0 Å². The van der Waals surface area contributed by atoms with E-state index in [9.17, 15) is 0 Å². The summed E-state index contributed by atoms with van der Waals surface area (Å²) in [4.78, 5) is 2.34. The molecular weight excluding hydrogens is 138 g/mol. The minimum absolute atomic E-state index is 0.309. The largest absolute Gasteiger partial charge is 0.395 e. The molecule has 0 aliphatic heterocycles. The second kappa shape index (κ2) is 4.07. The summed E-state index contributed by atoms with van der Waals surface area (Å²) < 4.78 is 0. The molecule has 0 aromatic rings. The second-order valence-electron chi connectivity index (χ2n) is 3.49. The van der Waals surface area contributed by atoms with Gasteiger partial charge in [-0.15, -0.1) is 0 Å². The Morgan fingerprint density at radius 2 is 2.18 bits per heavy atom. The number of aliphatic hydroxyl groups is 1. The van der Waals surface area contributed by atoms with Crippen molar-refractivity contribution in [3.63, 3.8) is 0 Å². The quantitative estimate of drug-likeness (QED) is 0.663. The van der Waals surface area contributed by atoms with Crippen LogP contribution < -0.4 is 0 Å². The van der Waals surface area contributed by atoms with Crippen molar-refractivity contribution >= 4 is 0 Å². The Morgan fingerprint density at radius 3 is 2.45 bits per heavy atom. The predicted octanol–water partition coefficient (Wildman–Crippen LogP) is 1.24. The maximum Gasteiger partial charge on any atom is 0.0586 e.